The van der Waals surface area contributed by atoms with Crippen molar-refractivity contribution in [2.75, 3.05) is 5.32 Å². The number of H-pyrrole nitrogens is 1. The van der Waals surface area contributed by atoms with Crippen LogP contribution in [0.15, 0.2) is 73.8 Å². The molecule has 4 aromatic rings. The number of rotatable bonds is 5. The van der Waals surface area contributed by atoms with Gasteiger partial charge in [0.05, 0.1) is 0 Å². The number of ketones is 1. The van der Waals surface area contributed by atoms with Gasteiger partial charge in [0.25, 0.3) is 0 Å². The van der Waals surface area contributed by atoms with E-state index < -0.39 is 0 Å². The number of carbonyl (C=O) groups excluding carboxylic acids is 2. The van der Waals surface area contributed by atoms with E-state index in [1.54, 1.807) is 18.6 Å². The Bertz CT molecular complexity index is 1260. The van der Waals surface area contributed by atoms with Crippen molar-refractivity contribution < 1.29 is 9.59 Å². The van der Waals surface area contributed by atoms with Crippen LogP contribution in [0.1, 0.15) is 17.3 Å². The molecule has 0 atom stereocenters. The first kappa shape index (κ1) is 18.3. The average molecular weight is 382 g/mol. The van der Waals surface area contributed by atoms with Crippen molar-refractivity contribution in [3.05, 3.63) is 79.4 Å². The first-order chi connectivity index (χ1) is 14.0. The predicted molar refractivity (Wildman–Crippen MR) is 114 cm³/mol. The normalized spacial score (nSPS) is 10.7. The molecule has 0 aliphatic rings. The second-order valence-electron chi connectivity index (χ2n) is 6.62. The van der Waals surface area contributed by atoms with Gasteiger partial charge in [-0.2, -0.15) is 0 Å². The van der Waals surface area contributed by atoms with Gasteiger partial charge in [-0.3, -0.25) is 14.6 Å². The maximum atomic E-state index is 11.7. The number of hydrogen-bond acceptors (Lipinski definition) is 4. The van der Waals surface area contributed by atoms with E-state index in [0.717, 1.165) is 33.3 Å². The molecule has 3 heterocycles. The third kappa shape index (κ3) is 3.68. The number of aromatic nitrogens is 3. The van der Waals surface area contributed by atoms with E-state index in [4.69, 9.17) is 0 Å². The van der Waals surface area contributed by atoms with Crippen molar-refractivity contribution in [1.82, 2.24) is 15.0 Å². The van der Waals surface area contributed by atoms with E-state index in [0.29, 0.717) is 11.3 Å². The Morgan fingerprint density at radius 2 is 1.93 bits per heavy atom. The van der Waals surface area contributed by atoms with Gasteiger partial charge in [0.15, 0.2) is 5.78 Å². The topological polar surface area (TPSA) is 87.7 Å². The van der Waals surface area contributed by atoms with Gasteiger partial charge < -0.3 is 10.3 Å². The number of Topliss-reactive ketones (excluding diaryl/α,β-unsaturated/α-hetero) is 1. The lowest BCUT2D eigenvalue weighted by Crippen LogP contribution is -2.06. The summed E-state index contributed by atoms with van der Waals surface area (Å²) in [6.45, 7) is 4.99. The second-order valence-corrected chi connectivity index (χ2v) is 6.62. The van der Waals surface area contributed by atoms with Crippen LogP contribution >= 0.6 is 0 Å². The van der Waals surface area contributed by atoms with Gasteiger partial charge in [-0.25, -0.2) is 4.98 Å². The standard InChI is InChI=1S/C23H18N4O2/c1-3-22(29)27-19-6-4-5-15(8-19)17-9-20-21(13-26-23(20)25-12-17)18-7-16(14(2)28)10-24-11-18/h3-13H,1H2,2H3,(H,25,26)(H,27,29). The third-order valence-electron chi connectivity index (χ3n) is 4.64. The van der Waals surface area contributed by atoms with E-state index in [1.165, 1.54) is 13.0 Å². The molecule has 0 saturated carbocycles. The summed E-state index contributed by atoms with van der Waals surface area (Å²) in [5, 5.41) is 3.69. The van der Waals surface area contributed by atoms with Gasteiger partial charge >= 0.3 is 0 Å². The van der Waals surface area contributed by atoms with Crippen LogP contribution in [0.4, 0.5) is 5.69 Å². The molecule has 0 aliphatic heterocycles. The number of nitrogens with one attached hydrogen (secondary N) is 2. The number of nitrogens with zero attached hydrogens (tertiary/aromatic N) is 2. The van der Waals surface area contributed by atoms with Crippen LogP contribution in [0.3, 0.4) is 0 Å². The fraction of sp³-hybridized carbons (Fsp3) is 0.0435. The van der Waals surface area contributed by atoms with Gasteiger partial charge in [-0.1, -0.05) is 18.7 Å². The van der Waals surface area contributed by atoms with Gasteiger partial charge in [0.2, 0.25) is 5.91 Å². The molecule has 29 heavy (non-hydrogen) atoms. The number of benzene rings is 1. The summed E-state index contributed by atoms with van der Waals surface area (Å²) >= 11 is 0. The molecule has 2 N–H and O–H groups in total. The Labute approximate surface area is 167 Å². The Hall–Kier alpha value is -4.06. The molecule has 1 amide bonds. The number of aromatic amines is 1. The molecule has 0 unspecified atom stereocenters. The van der Waals surface area contributed by atoms with Gasteiger partial charge in [0.1, 0.15) is 5.65 Å². The highest BCUT2D eigenvalue weighted by Gasteiger charge is 2.11. The highest BCUT2D eigenvalue weighted by atomic mass is 16.1. The molecule has 1 aromatic carbocycles. The molecule has 0 spiro atoms. The van der Waals surface area contributed by atoms with E-state index >= 15 is 0 Å². The summed E-state index contributed by atoms with van der Waals surface area (Å²) in [5.41, 5.74) is 5.57. The second kappa shape index (κ2) is 7.52. The summed E-state index contributed by atoms with van der Waals surface area (Å²) in [5.74, 6) is -0.294. The number of anilines is 1. The minimum absolute atomic E-state index is 0.0311. The summed E-state index contributed by atoms with van der Waals surface area (Å²) in [6.07, 6.45) is 8.17. The monoisotopic (exact) mass is 382 g/mol. The molecule has 6 heteroatoms. The molecule has 0 saturated heterocycles. The zero-order valence-corrected chi connectivity index (χ0v) is 15.8. The van der Waals surface area contributed by atoms with Crippen molar-refractivity contribution >= 4 is 28.4 Å². The molecular weight excluding hydrogens is 364 g/mol. The maximum Gasteiger partial charge on any atom is 0.247 e. The number of carbonyl (C=O) groups is 2. The van der Waals surface area contributed by atoms with Crippen LogP contribution < -0.4 is 5.32 Å². The highest BCUT2D eigenvalue weighted by molar-refractivity contribution is 6.00. The highest BCUT2D eigenvalue weighted by Crippen LogP contribution is 2.31. The lowest BCUT2D eigenvalue weighted by Gasteiger charge is -2.07. The number of pyridine rings is 2. The van der Waals surface area contributed by atoms with E-state index in [1.807, 2.05) is 42.6 Å². The van der Waals surface area contributed by atoms with Gasteiger partial charge in [-0.15, -0.1) is 0 Å². The summed E-state index contributed by atoms with van der Waals surface area (Å²) in [6, 6.07) is 11.4. The molecule has 0 bridgehead atoms. The van der Waals surface area contributed by atoms with Crippen LogP contribution in [0.5, 0.6) is 0 Å². The van der Waals surface area contributed by atoms with Crippen molar-refractivity contribution in [3.8, 4) is 22.3 Å². The fourth-order valence-electron chi connectivity index (χ4n) is 3.15. The minimum atomic E-state index is -0.262. The molecule has 4 rings (SSSR count). The minimum Gasteiger partial charge on any atom is -0.346 e. The zero-order valence-electron chi connectivity index (χ0n) is 15.8. The van der Waals surface area contributed by atoms with Crippen LogP contribution in [0.25, 0.3) is 33.3 Å². The summed E-state index contributed by atoms with van der Waals surface area (Å²) in [4.78, 5) is 35.2. The number of amides is 1. The van der Waals surface area contributed by atoms with Gasteiger partial charge in [-0.05, 0) is 42.8 Å². The van der Waals surface area contributed by atoms with Crippen LogP contribution in [-0.4, -0.2) is 26.6 Å². The molecule has 0 fully saturated rings. The van der Waals surface area contributed by atoms with E-state index in [2.05, 4.69) is 26.8 Å². The number of fused-ring (bicyclic) bond motifs is 1. The quantitative estimate of drug-likeness (QED) is 0.389. The molecule has 142 valence electrons. The molecular formula is C23H18N4O2. The van der Waals surface area contributed by atoms with E-state index in [9.17, 15) is 9.59 Å². The lowest BCUT2D eigenvalue weighted by molar-refractivity contribution is -0.111. The van der Waals surface area contributed by atoms with E-state index in [-0.39, 0.29) is 11.7 Å². The van der Waals surface area contributed by atoms with Crippen LogP contribution in [0, 0.1) is 0 Å². The predicted octanol–water partition coefficient (Wildman–Crippen LogP) is 4.62. The third-order valence-corrected chi connectivity index (χ3v) is 4.64. The zero-order chi connectivity index (χ0) is 20.4. The van der Waals surface area contributed by atoms with Crippen molar-refractivity contribution in [3.63, 3.8) is 0 Å². The Morgan fingerprint density at radius 1 is 1.07 bits per heavy atom. The van der Waals surface area contributed by atoms with Crippen molar-refractivity contribution in [2.45, 2.75) is 6.92 Å². The Balaban J connectivity index is 1.77. The largest absolute Gasteiger partial charge is 0.346 e. The summed E-state index contributed by atoms with van der Waals surface area (Å²) in [7, 11) is 0. The van der Waals surface area contributed by atoms with Gasteiger partial charge in [0, 0.05) is 58.1 Å². The summed E-state index contributed by atoms with van der Waals surface area (Å²) < 4.78 is 0. The van der Waals surface area contributed by atoms with Crippen LogP contribution in [-0.2, 0) is 4.79 Å². The first-order valence-electron chi connectivity index (χ1n) is 9.02. The molecule has 6 nitrogen and oxygen atoms in total. The molecule has 3 aromatic heterocycles. The Morgan fingerprint density at radius 3 is 2.72 bits per heavy atom. The van der Waals surface area contributed by atoms with Crippen molar-refractivity contribution in [2.24, 2.45) is 0 Å². The molecule has 0 aliphatic carbocycles. The lowest BCUT2D eigenvalue weighted by atomic mass is 10.0. The fourth-order valence-corrected chi connectivity index (χ4v) is 3.15. The average Bonchev–Trinajstić information content (AvgIpc) is 3.17. The first-order valence-corrected chi connectivity index (χ1v) is 9.02. The Kier molecular flexibility index (Phi) is 4.75. The molecule has 0 radical (unpaired) electrons. The SMILES string of the molecule is C=CC(=O)Nc1cccc(-c2cnc3[nH]cc(-c4cncc(C(C)=O)c4)c3c2)c1. The van der Waals surface area contributed by atoms with Crippen LogP contribution in [0.2, 0.25) is 0 Å². The smallest absolute Gasteiger partial charge is 0.247 e. The maximum absolute atomic E-state index is 11.7. The van der Waals surface area contributed by atoms with Crippen molar-refractivity contribution in [1.29, 1.82) is 0 Å². The number of hydrogen-bond donors (Lipinski definition) is 2.